The number of hydrogen-bond acceptors (Lipinski definition) is 4. The molecule has 1 aromatic rings. The minimum Gasteiger partial charge on any atom is -0.410 e. The van der Waals surface area contributed by atoms with E-state index in [9.17, 15) is 4.79 Å². The molecule has 0 aliphatic heterocycles. The molecule has 1 amide bonds. The van der Waals surface area contributed by atoms with Gasteiger partial charge >= 0.3 is 6.09 Å². The molecule has 5 nitrogen and oxygen atoms in total. The van der Waals surface area contributed by atoms with E-state index in [1.807, 2.05) is 6.07 Å². The van der Waals surface area contributed by atoms with Crippen LogP contribution in [0, 0.1) is 5.41 Å². The first-order chi connectivity index (χ1) is 7.72. The number of ether oxygens (including phenoxy) is 1. The second kappa shape index (κ2) is 6.23. The molecule has 0 aliphatic carbocycles. The van der Waals surface area contributed by atoms with Gasteiger partial charge in [-0.2, -0.15) is 0 Å². The van der Waals surface area contributed by atoms with Crippen molar-refractivity contribution in [3.8, 4) is 5.75 Å². The van der Waals surface area contributed by atoms with Gasteiger partial charge in [-0.15, -0.1) is 0 Å². The molecule has 3 N–H and O–H groups in total. The van der Waals surface area contributed by atoms with Gasteiger partial charge in [0, 0.05) is 7.05 Å². The zero-order valence-corrected chi connectivity index (χ0v) is 8.86. The average Bonchev–Trinajstić information content (AvgIpc) is 2.27. The van der Waals surface area contributed by atoms with E-state index >= 15 is 0 Å². The number of benzene rings is 1. The molecule has 1 rings (SSSR count). The number of carbonyl (C=O) groups is 1. The van der Waals surface area contributed by atoms with Crippen LogP contribution in [0.5, 0.6) is 5.75 Å². The quantitative estimate of drug-likeness (QED) is 0.532. The number of para-hydroxylation sites is 1. The van der Waals surface area contributed by atoms with E-state index in [2.05, 4.69) is 10.6 Å². The van der Waals surface area contributed by atoms with Gasteiger partial charge in [-0.3, -0.25) is 10.7 Å². The van der Waals surface area contributed by atoms with Gasteiger partial charge in [0.25, 0.3) is 0 Å². The summed E-state index contributed by atoms with van der Waals surface area (Å²) in [6.07, 6.45) is 2.26. The van der Waals surface area contributed by atoms with E-state index < -0.39 is 6.09 Å². The van der Waals surface area contributed by atoms with Crippen LogP contribution in [0.2, 0.25) is 0 Å². The van der Waals surface area contributed by atoms with Gasteiger partial charge in [0.05, 0.1) is 0 Å². The molecule has 0 aliphatic rings. The Morgan fingerprint density at radius 2 is 2.06 bits per heavy atom. The zero-order chi connectivity index (χ0) is 11.8. The molecule has 5 heteroatoms. The summed E-state index contributed by atoms with van der Waals surface area (Å²) >= 11 is 0. The molecule has 0 radical (unpaired) electrons. The van der Waals surface area contributed by atoms with Crippen LogP contribution in [-0.2, 0) is 0 Å². The second-order valence-corrected chi connectivity index (χ2v) is 2.86. The standard InChI is InChI=1S/C11H13N3O2/c1-13-8-7-10(12)14-11(15)16-9-5-3-2-4-6-9/h2-8,13H,1H3,(H2,12,14,15)/b8-7-. The normalized spacial score (nSPS) is 9.81. The van der Waals surface area contributed by atoms with E-state index in [4.69, 9.17) is 10.1 Å². The lowest BCUT2D eigenvalue weighted by Crippen LogP contribution is -2.31. The minimum absolute atomic E-state index is 0.0460. The Morgan fingerprint density at radius 1 is 1.38 bits per heavy atom. The summed E-state index contributed by atoms with van der Waals surface area (Å²) in [5.74, 6) is 0.390. The van der Waals surface area contributed by atoms with Crippen LogP contribution in [0.4, 0.5) is 4.79 Å². The first-order valence-corrected chi connectivity index (χ1v) is 4.68. The van der Waals surface area contributed by atoms with Crippen LogP contribution in [0.1, 0.15) is 0 Å². The highest BCUT2D eigenvalue weighted by molar-refractivity contribution is 6.00. The Hall–Kier alpha value is -2.30. The highest BCUT2D eigenvalue weighted by Gasteiger charge is 2.04. The van der Waals surface area contributed by atoms with Crippen LogP contribution in [-0.4, -0.2) is 19.0 Å². The van der Waals surface area contributed by atoms with Crippen LogP contribution in [0.25, 0.3) is 0 Å². The summed E-state index contributed by atoms with van der Waals surface area (Å²) in [5.41, 5.74) is 0. The molecule has 0 atom stereocenters. The number of carbonyl (C=O) groups excluding carboxylic acids is 1. The third-order valence-corrected chi connectivity index (χ3v) is 1.61. The van der Waals surface area contributed by atoms with E-state index in [1.165, 1.54) is 12.3 Å². The third-order valence-electron chi connectivity index (χ3n) is 1.61. The molecule has 16 heavy (non-hydrogen) atoms. The van der Waals surface area contributed by atoms with Gasteiger partial charge in [0.1, 0.15) is 11.6 Å². The Labute approximate surface area is 93.6 Å². The van der Waals surface area contributed by atoms with Gasteiger partial charge < -0.3 is 10.1 Å². The summed E-state index contributed by atoms with van der Waals surface area (Å²) in [6, 6.07) is 8.66. The molecule has 0 unspecified atom stereocenters. The van der Waals surface area contributed by atoms with Gasteiger partial charge in [0.2, 0.25) is 0 Å². The van der Waals surface area contributed by atoms with Gasteiger partial charge in [-0.1, -0.05) is 18.2 Å². The maximum absolute atomic E-state index is 11.3. The van der Waals surface area contributed by atoms with Crippen LogP contribution in [0.3, 0.4) is 0 Å². The lowest BCUT2D eigenvalue weighted by molar-refractivity contribution is 0.206. The largest absolute Gasteiger partial charge is 0.418 e. The fourth-order valence-corrected chi connectivity index (χ4v) is 0.939. The lowest BCUT2D eigenvalue weighted by Gasteiger charge is -2.04. The monoisotopic (exact) mass is 219 g/mol. The minimum atomic E-state index is -0.683. The highest BCUT2D eigenvalue weighted by atomic mass is 16.6. The van der Waals surface area contributed by atoms with Crippen molar-refractivity contribution in [3.05, 3.63) is 42.6 Å². The molecule has 0 saturated heterocycles. The van der Waals surface area contributed by atoms with Gasteiger partial charge in [-0.25, -0.2) is 4.79 Å². The molecule has 0 aromatic heterocycles. The van der Waals surface area contributed by atoms with Gasteiger partial charge in [-0.05, 0) is 24.4 Å². The summed E-state index contributed by atoms with van der Waals surface area (Å²) in [6.45, 7) is 0. The van der Waals surface area contributed by atoms with E-state index in [0.717, 1.165) is 0 Å². The van der Waals surface area contributed by atoms with Crippen LogP contribution >= 0.6 is 0 Å². The molecular formula is C11H13N3O2. The number of nitrogens with one attached hydrogen (secondary N) is 3. The van der Waals surface area contributed by atoms with Crippen molar-refractivity contribution in [1.29, 1.82) is 5.41 Å². The summed E-state index contributed by atoms with van der Waals surface area (Å²) in [7, 11) is 1.70. The fourth-order valence-electron chi connectivity index (χ4n) is 0.939. The van der Waals surface area contributed by atoms with Crippen molar-refractivity contribution in [2.24, 2.45) is 0 Å². The Balaban J connectivity index is 2.42. The SMILES string of the molecule is CN/C=C\C(=N)NC(=O)Oc1ccccc1. The van der Waals surface area contributed by atoms with Crippen molar-refractivity contribution >= 4 is 11.9 Å². The van der Waals surface area contributed by atoms with E-state index in [-0.39, 0.29) is 5.84 Å². The molecule has 84 valence electrons. The van der Waals surface area contributed by atoms with Crippen LogP contribution in [0.15, 0.2) is 42.6 Å². The Morgan fingerprint density at radius 3 is 2.69 bits per heavy atom. The summed E-state index contributed by atoms with van der Waals surface area (Å²) in [4.78, 5) is 11.3. The van der Waals surface area contributed by atoms with E-state index in [1.54, 1.807) is 31.3 Å². The summed E-state index contributed by atoms with van der Waals surface area (Å²) < 4.78 is 4.92. The van der Waals surface area contributed by atoms with Crippen molar-refractivity contribution in [2.45, 2.75) is 0 Å². The molecule has 0 bridgehead atoms. The van der Waals surface area contributed by atoms with Crippen molar-refractivity contribution in [2.75, 3.05) is 7.05 Å². The molecular weight excluding hydrogens is 206 g/mol. The lowest BCUT2D eigenvalue weighted by atomic mass is 10.3. The predicted molar refractivity (Wildman–Crippen MR) is 61.5 cm³/mol. The van der Waals surface area contributed by atoms with Crippen molar-refractivity contribution in [3.63, 3.8) is 0 Å². The topological polar surface area (TPSA) is 74.2 Å². The van der Waals surface area contributed by atoms with Crippen LogP contribution < -0.4 is 15.4 Å². The average molecular weight is 219 g/mol. The molecule has 0 saturated carbocycles. The zero-order valence-electron chi connectivity index (χ0n) is 8.86. The smallest absolute Gasteiger partial charge is 0.410 e. The Kier molecular flexibility index (Phi) is 4.59. The first-order valence-electron chi connectivity index (χ1n) is 4.68. The Bertz CT molecular complexity index is 387. The first kappa shape index (κ1) is 11.8. The number of rotatable bonds is 3. The van der Waals surface area contributed by atoms with Crippen molar-refractivity contribution < 1.29 is 9.53 Å². The van der Waals surface area contributed by atoms with Gasteiger partial charge in [0.15, 0.2) is 0 Å². The maximum Gasteiger partial charge on any atom is 0.418 e. The second-order valence-electron chi connectivity index (χ2n) is 2.86. The van der Waals surface area contributed by atoms with E-state index in [0.29, 0.717) is 5.75 Å². The maximum atomic E-state index is 11.3. The molecule has 1 aromatic carbocycles. The predicted octanol–water partition coefficient (Wildman–Crippen LogP) is 1.49. The summed E-state index contributed by atoms with van der Waals surface area (Å²) in [5, 5.41) is 12.3. The number of amidine groups is 1. The highest BCUT2D eigenvalue weighted by Crippen LogP contribution is 2.07. The number of hydrogen-bond donors (Lipinski definition) is 3. The third kappa shape index (κ3) is 4.28. The molecule has 0 fully saturated rings. The molecule has 0 spiro atoms. The van der Waals surface area contributed by atoms with Crippen molar-refractivity contribution in [1.82, 2.24) is 10.6 Å². The number of amides is 1. The fraction of sp³-hybridized carbons (Fsp3) is 0.0909. The molecule has 0 heterocycles.